The second kappa shape index (κ2) is 7.91. The summed E-state index contributed by atoms with van der Waals surface area (Å²) in [5.74, 6) is -0.963. The van der Waals surface area contributed by atoms with Crippen LogP contribution in [-0.4, -0.2) is 33.4 Å². The Labute approximate surface area is 174 Å². The summed E-state index contributed by atoms with van der Waals surface area (Å²) >= 11 is 0. The first-order valence-corrected chi connectivity index (χ1v) is 10.3. The molecule has 3 atom stereocenters. The third kappa shape index (κ3) is 3.53. The maximum absolute atomic E-state index is 14.3. The van der Waals surface area contributed by atoms with E-state index in [1.807, 2.05) is 41.2 Å². The lowest BCUT2D eigenvalue weighted by molar-refractivity contribution is 0.0430. The molecule has 30 heavy (non-hydrogen) atoms. The Morgan fingerprint density at radius 1 is 1.07 bits per heavy atom. The van der Waals surface area contributed by atoms with Gasteiger partial charge >= 0.3 is 0 Å². The third-order valence-electron chi connectivity index (χ3n) is 6.14. The minimum absolute atomic E-state index is 0.201. The predicted octanol–water partition coefficient (Wildman–Crippen LogP) is 3.71. The molecular formula is C23H24F2N4O. The number of rotatable bonds is 3. The van der Waals surface area contributed by atoms with Crippen LogP contribution in [0.25, 0.3) is 5.69 Å². The number of benzene rings is 2. The summed E-state index contributed by atoms with van der Waals surface area (Å²) in [5.41, 5.74) is 10.1. The number of fused-ring (bicyclic) bond motifs is 1. The first-order valence-electron chi connectivity index (χ1n) is 10.3. The van der Waals surface area contributed by atoms with Gasteiger partial charge in [-0.3, -0.25) is 4.90 Å². The first-order chi connectivity index (χ1) is 14.6. The molecule has 0 radical (unpaired) electrons. The molecule has 1 fully saturated rings. The Kier molecular flexibility index (Phi) is 5.10. The van der Waals surface area contributed by atoms with Gasteiger partial charge in [0.1, 0.15) is 17.7 Å². The zero-order chi connectivity index (χ0) is 20.7. The zero-order valence-electron chi connectivity index (χ0n) is 16.5. The quantitative estimate of drug-likeness (QED) is 0.715. The summed E-state index contributed by atoms with van der Waals surface area (Å²) in [5, 5.41) is 4.55. The minimum Gasteiger partial charge on any atom is -0.372 e. The van der Waals surface area contributed by atoms with Gasteiger partial charge in [-0.1, -0.05) is 18.2 Å². The number of nitrogens with two attached hydrogens (primary N) is 1. The first kappa shape index (κ1) is 19.4. The van der Waals surface area contributed by atoms with Crippen molar-refractivity contribution in [2.45, 2.75) is 44.1 Å². The normalized spacial score (nSPS) is 24.6. The van der Waals surface area contributed by atoms with Gasteiger partial charge in [0.05, 0.1) is 17.6 Å². The molecule has 0 amide bonds. The lowest BCUT2D eigenvalue weighted by Gasteiger charge is -2.28. The maximum atomic E-state index is 14.3. The Hall–Kier alpha value is -2.61. The van der Waals surface area contributed by atoms with E-state index in [9.17, 15) is 8.78 Å². The molecule has 0 bridgehead atoms. The number of hydrogen-bond acceptors (Lipinski definition) is 4. The maximum Gasteiger partial charge on any atom is 0.129 e. The SMILES string of the molecule is N[C@H]1C[C@@H](N2Cc3cnn(-c4ccccc4)c3C2)CCO[C@@H]1c1cc(F)ccc1F. The van der Waals surface area contributed by atoms with Crippen molar-refractivity contribution >= 4 is 0 Å². The Bertz CT molecular complexity index is 1040. The molecule has 2 aliphatic heterocycles. The van der Waals surface area contributed by atoms with Crippen LogP contribution >= 0.6 is 0 Å². The van der Waals surface area contributed by atoms with Crippen LogP contribution in [0.3, 0.4) is 0 Å². The largest absolute Gasteiger partial charge is 0.372 e. The minimum atomic E-state index is -0.643. The Morgan fingerprint density at radius 3 is 2.73 bits per heavy atom. The zero-order valence-corrected chi connectivity index (χ0v) is 16.5. The number of aromatic nitrogens is 2. The average molecular weight is 410 g/mol. The molecule has 5 rings (SSSR count). The Balaban J connectivity index is 1.33. The fourth-order valence-electron chi connectivity index (χ4n) is 4.62. The standard InChI is InChI=1S/C23H24F2N4O/c24-16-6-7-20(25)19(10-16)23-21(26)11-18(8-9-30-23)28-13-15-12-27-29(22(15)14-28)17-4-2-1-3-5-17/h1-7,10,12,18,21,23H,8-9,11,13-14,26H2/t18-,21-,23+/m0/s1. The smallest absolute Gasteiger partial charge is 0.129 e. The highest BCUT2D eigenvalue weighted by Gasteiger charge is 2.35. The van der Waals surface area contributed by atoms with Gasteiger partial charge in [-0.05, 0) is 43.2 Å². The van der Waals surface area contributed by atoms with Crippen molar-refractivity contribution in [2.75, 3.05) is 6.61 Å². The molecule has 7 heteroatoms. The van der Waals surface area contributed by atoms with E-state index in [2.05, 4.69) is 10.00 Å². The third-order valence-corrected chi connectivity index (χ3v) is 6.14. The lowest BCUT2D eigenvalue weighted by Crippen LogP contribution is -2.38. The van der Waals surface area contributed by atoms with Crippen LogP contribution in [0.15, 0.2) is 54.7 Å². The van der Waals surface area contributed by atoms with Crippen LogP contribution < -0.4 is 5.73 Å². The summed E-state index contributed by atoms with van der Waals surface area (Å²) < 4.78 is 35.8. The van der Waals surface area contributed by atoms with Crippen molar-refractivity contribution in [2.24, 2.45) is 5.73 Å². The Morgan fingerprint density at radius 2 is 1.90 bits per heavy atom. The summed E-state index contributed by atoms with van der Waals surface area (Å²) in [6.45, 7) is 2.04. The number of nitrogens with zero attached hydrogens (tertiary/aromatic N) is 3. The van der Waals surface area contributed by atoms with E-state index in [1.165, 1.54) is 17.3 Å². The van der Waals surface area contributed by atoms with Crippen molar-refractivity contribution < 1.29 is 13.5 Å². The molecule has 2 aliphatic rings. The van der Waals surface area contributed by atoms with Crippen LogP contribution in [0.1, 0.15) is 35.8 Å². The highest BCUT2D eigenvalue weighted by atomic mass is 19.1. The van der Waals surface area contributed by atoms with Gasteiger partial charge in [-0.15, -0.1) is 0 Å². The summed E-state index contributed by atoms with van der Waals surface area (Å²) in [4.78, 5) is 2.39. The molecule has 0 spiro atoms. The summed E-state index contributed by atoms with van der Waals surface area (Å²) in [6.07, 6.45) is 2.74. The molecule has 2 aromatic carbocycles. The summed E-state index contributed by atoms with van der Waals surface area (Å²) in [6, 6.07) is 13.3. The van der Waals surface area contributed by atoms with Crippen molar-refractivity contribution in [3.8, 4) is 5.69 Å². The fraction of sp³-hybridized carbons (Fsp3) is 0.348. The van der Waals surface area contributed by atoms with Gasteiger partial charge in [0, 0.05) is 42.9 Å². The molecule has 1 saturated heterocycles. The van der Waals surface area contributed by atoms with Gasteiger partial charge in [-0.2, -0.15) is 5.10 Å². The second-order valence-corrected chi connectivity index (χ2v) is 8.07. The van der Waals surface area contributed by atoms with Crippen LogP contribution in [0.4, 0.5) is 8.78 Å². The van der Waals surface area contributed by atoms with E-state index in [1.54, 1.807) is 0 Å². The van der Waals surface area contributed by atoms with Crippen molar-refractivity contribution in [1.29, 1.82) is 0 Å². The number of halogens is 2. The molecule has 3 aromatic rings. The number of para-hydroxylation sites is 1. The molecule has 1 aromatic heterocycles. The van der Waals surface area contributed by atoms with Crippen LogP contribution in [0.5, 0.6) is 0 Å². The van der Waals surface area contributed by atoms with Gasteiger partial charge < -0.3 is 10.5 Å². The van der Waals surface area contributed by atoms with Gasteiger partial charge in [0.25, 0.3) is 0 Å². The van der Waals surface area contributed by atoms with E-state index in [0.717, 1.165) is 37.3 Å². The van der Waals surface area contributed by atoms with Crippen molar-refractivity contribution in [3.63, 3.8) is 0 Å². The molecule has 3 heterocycles. The molecule has 2 N–H and O–H groups in total. The van der Waals surface area contributed by atoms with Gasteiger partial charge in [0.15, 0.2) is 0 Å². The van der Waals surface area contributed by atoms with Crippen LogP contribution in [0.2, 0.25) is 0 Å². The average Bonchev–Trinajstić information content (AvgIpc) is 3.28. The van der Waals surface area contributed by atoms with Crippen LogP contribution in [-0.2, 0) is 17.8 Å². The van der Waals surface area contributed by atoms with Gasteiger partial charge in [0.2, 0.25) is 0 Å². The van der Waals surface area contributed by atoms with E-state index in [0.29, 0.717) is 13.0 Å². The lowest BCUT2D eigenvalue weighted by atomic mass is 9.96. The molecule has 5 nitrogen and oxygen atoms in total. The highest BCUT2D eigenvalue weighted by molar-refractivity contribution is 5.36. The van der Waals surface area contributed by atoms with E-state index in [4.69, 9.17) is 10.5 Å². The monoisotopic (exact) mass is 410 g/mol. The highest BCUT2D eigenvalue weighted by Crippen LogP contribution is 2.34. The molecule has 0 unspecified atom stereocenters. The van der Waals surface area contributed by atoms with Gasteiger partial charge in [-0.25, -0.2) is 13.5 Å². The molecule has 0 aliphatic carbocycles. The fourth-order valence-corrected chi connectivity index (χ4v) is 4.62. The second-order valence-electron chi connectivity index (χ2n) is 8.07. The molecule has 0 saturated carbocycles. The number of ether oxygens (including phenoxy) is 1. The molecule has 156 valence electrons. The van der Waals surface area contributed by atoms with E-state index >= 15 is 0 Å². The number of hydrogen-bond donors (Lipinski definition) is 1. The van der Waals surface area contributed by atoms with Crippen molar-refractivity contribution in [1.82, 2.24) is 14.7 Å². The predicted molar refractivity (Wildman–Crippen MR) is 109 cm³/mol. The van der Waals surface area contributed by atoms with Crippen LogP contribution in [0, 0.1) is 11.6 Å². The van der Waals surface area contributed by atoms with E-state index in [-0.39, 0.29) is 11.6 Å². The van der Waals surface area contributed by atoms with E-state index < -0.39 is 23.8 Å². The molecular weight excluding hydrogens is 386 g/mol. The topological polar surface area (TPSA) is 56.3 Å². The summed E-state index contributed by atoms with van der Waals surface area (Å²) in [7, 11) is 0. The van der Waals surface area contributed by atoms with Crippen molar-refractivity contribution in [3.05, 3.63) is 83.2 Å².